The number of rotatable bonds is 11. The minimum Gasteiger partial charge on any atom is -0.515 e. The number of carbonyl (C=O) groups excluding carboxylic acids is 5. The van der Waals surface area contributed by atoms with Crippen LogP contribution in [0, 0.1) is 29.6 Å². The summed E-state index contributed by atoms with van der Waals surface area (Å²) in [6.07, 6.45) is -16.8. The molecule has 9 aliphatic rings. The number of hydrogen-bond acceptors (Lipinski definition) is 14. The number of aliphatic hydroxyl groups excluding tert-OH is 1. The Hall–Kier alpha value is -4.65. The van der Waals surface area contributed by atoms with Crippen LogP contribution in [0.25, 0.3) is 0 Å². The molecule has 9 rings (SSSR count). The standard InChI is InChI=1S/C16H16F12O4.C14H20O3.C11H12O5.C11H18O2/c1-7(6-11(30,13(17,18)19)14(20,21)22)10(29)32-9-4-2-3-8(5-9)12(31,15(23,24)25)16(26,27)28;1-9(8-15)13(16)17-14-5-10-2-11(6-14)4-12(3-10)7-14;1-5(3-12)11(13)16-9-7-2-6-4-14-10(9)8(6)15-7;1-4-11(7-5-6-8-11)13-10(12)9(2)3/h6,8-9,30-31H,2-5H2,1H3;8,10-12,15H,2-7H2,1H3;6-10H,2,4H2,1H3;2,4-8H2,1,3H3. The van der Waals surface area contributed by atoms with Gasteiger partial charge in [-0.15, -0.1) is 0 Å². The van der Waals surface area contributed by atoms with Crippen LogP contribution < -0.4 is 0 Å². The van der Waals surface area contributed by atoms with Crippen molar-refractivity contribution >= 4 is 29.8 Å². The molecule has 26 heteroatoms. The molecule has 3 heterocycles. The van der Waals surface area contributed by atoms with Gasteiger partial charge in [0.05, 0.1) is 30.6 Å². The molecule has 0 aromatic carbocycles. The highest BCUT2D eigenvalue weighted by molar-refractivity contribution is 5.96. The Balaban J connectivity index is 0.000000205. The third-order valence-electron chi connectivity index (χ3n) is 16.1. The molecule has 6 bridgehead atoms. The third kappa shape index (κ3) is 14.1. The van der Waals surface area contributed by atoms with E-state index in [0.29, 0.717) is 30.6 Å². The zero-order valence-corrected chi connectivity index (χ0v) is 43.5. The van der Waals surface area contributed by atoms with Crippen LogP contribution in [-0.4, -0.2) is 129 Å². The summed E-state index contributed by atoms with van der Waals surface area (Å²) in [5.41, 5.74) is -11.7. The molecule has 6 saturated carbocycles. The molecule has 3 aliphatic heterocycles. The van der Waals surface area contributed by atoms with E-state index in [2.05, 4.69) is 18.2 Å². The molecule has 3 N–H and O–H groups in total. The smallest absolute Gasteiger partial charge is 0.430 e. The van der Waals surface area contributed by atoms with Gasteiger partial charge in [0.1, 0.15) is 34.9 Å². The van der Waals surface area contributed by atoms with Gasteiger partial charge in [0.15, 0.2) is 6.10 Å². The first kappa shape index (κ1) is 64.2. The molecule has 7 unspecified atom stereocenters. The molecule has 14 nitrogen and oxygen atoms in total. The normalized spacial score (nSPS) is 31.0. The van der Waals surface area contributed by atoms with Crippen LogP contribution in [0.4, 0.5) is 52.7 Å². The van der Waals surface area contributed by atoms with Crippen molar-refractivity contribution < 1.29 is 120 Å². The summed E-state index contributed by atoms with van der Waals surface area (Å²) >= 11 is 0. The Bertz CT molecular complexity index is 2240. The number of esters is 4. The molecule has 0 radical (unpaired) electrons. The number of hydrogen-bond donors (Lipinski definition) is 3. The second kappa shape index (κ2) is 24.2. The van der Waals surface area contributed by atoms with Gasteiger partial charge in [0, 0.05) is 23.0 Å². The summed E-state index contributed by atoms with van der Waals surface area (Å²) in [5.74, 6) is -1.39. The predicted octanol–water partition coefficient (Wildman–Crippen LogP) is 10.4. The van der Waals surface area contributed by atoms with E-state index >= 15 is 0 Å². The first-order valence-corrected chi connectivity index (χ1v) is 25.6. The molecule has 0 spiro atoms. The maximum Gasteiger partial charge on any atom is 0.430 e. The number of carbonyl (C=O) groups is 4. The number of alkyl halides is 12. The summed E-state index contributed by atoms with van der Waals surface area (Å²) < 4.78 is 186. The topological polar surface area (TPSA) is 201 Å². The fourth-order valence-corrected chi connectivity index (χ4v) is 12.3. The van der Waals surface area contributed by atoms with Crippen molar-refractivity contribution in [1.82, 2.24) is 0 Å². The third-order valence-corrected chi connectivity index (χ3v) is 16.1. The molecular weight excluding hydrogens is 1080 g/mol. The number of fused-ring (bicyclic) bond motifs is 1. The zero-order chi connectivity index (χ0) is 58.8. The van der Waals surface area contributed by atoms with Crippen LogP contribution in [0.2, 0.25) is 0 Å². The second-order valence-corrected chi connectivity index (χ2v) is 22.0. The van der Waals surface area contributed by atoms with Gasteiger partial charge in [-0.3, -0.25) is 0 Å². The summed E-state index contributed by atoms with van der Waals surface area (Å²) in [4.78, 5) is 56.8. The lowest BCUT2D eigenvalue weighted by atomic mass is 9.54. The van der Waals surface area contributed by atoms with Crippen molar-refractivity contribution in [1.29, 1.82) is 0 Å². The van der Waals surface area contributed by atoms with Gasteiger partial charge in [-0.1, -0.05) is 13.5 Å². The molecule has 9 fully saturated rings. The highest BCUT2D eigenvalue weighted by Crippen LogP contribution is 2.58. The number of aliphatic hydroxyl groups is 3. The molecule has 0 aromatic rings. The van der Waals surface area contributed by atoms with Gasteiger partial charge >= 0.3 is 48.6 Å². The first-order valence-electron chi connectivity index (χ1n) is 25.6. The average molecular weight is 1140 g/mol. The Morgan fingerprint density at radius 2 is 1.22 bits per heavy atom. The lowest BCUT2D eigenvalue weighted by molar-refractivity contribution is -0.388. The van der Waals surface area contributed by atoms with Crippen LogP contribution in [0.3, 0.4) is 0 Å². The maximum atomic E-state index is 13.0. The van der Waals surface area contributed by atoms with Crippen LogP contribution >= 0.6 is 0 Å². The second-order valence-electron chi connectivity index (χ2n) is 22.0. The quantitative estimate of drug-likeness (QED) is 0.0440. The van der Waals surface area contributed by atoms with Crippen molar-refractivity contribution in [2.45, 2.75) is 215 Å². The monoisotopic (exact) mass is 1140 g/mol. The molecule has 78 heavy (non-hydrogen) atoms. The van der Waals surface area contributed by atoms with E-state index in [4.69, 9.17) is 33.9 Å². The fraction of sp³-hybridized carbons (Fsp3) is 0.769. The van der Waals surface area contributed by atoms with Gasteiger partial charge in [0.25, 0.3) is 11.2 Å². The van der Waals surface area contributed by atoms with E-state index < -0.39 is 90.8 Å². The van der Waals surface area contributed by atoms with Gasteiger partial charge in [-0.2, -0.15) is 52.7 Å². The fourth-order valence-electron chi connectivity index (χ4n) is 12.3. The van der Waals surface area contributed by atoms with Crippen LogP contribution in [0.5, 0.6) is 0 Å². The first-order chi connectivity index (χ1) is 35.9. The van der Waals surface area contributed by atoms with Crippen LogP contribution in [0.1, 0.15) is 137 Å². The van der Waals surface area contributed by atoms with E-state index in [0.717, 1.165) is 69.0 Å². The summed E-state index contributed by atoms with van der Waals surface area (Å²) in [5, 5.41) is 27.3. The van der Waals surface area contributed by atoms with Crippen molar-refractivity contribution in [3.8, 4) is 0 Å². The molecule has 0 amide bonds. The van der Waals surface area contributed by atoms with Crippen molar-refractivity contribution in [3.05, 3.63) is 41.2 Å². The predicted molar refractivity (Wildman–Crippen MR) is 247 cm³/mol. The van der Waals surface area contributed by atoms with Crippen molar-refractivity contribution in [3.63, 3.8) is 0 Å². The maximum absolute atomic E-state index is 13.0. The van der Waals surface area contributed by atoms with Gasteiger partial charge in [-0.25, -0.2) is 24.0 Å². The molecule has 0 aromatic heterocycles. The average Bonchev–Trinajstić information content (AvgIpc) is 4.12. The number of ether oxygens (including phenoxy) is 6. The SMILES string of the molecule is C=C(C)C(=O)OC1(CC)CCCC1.CC(=C=O)C(=O)OC1C2CC3COC1C3O2.CC(=CC(O)(C(F)(F)F)C(F)(F)F)C(=O)OC1CCCC(C(O)(C(F)(F)F)C(F)(F)F)C1.CC(=CO)C(=O)OC12CC3CC(CC(C3)C1)C2. The van der Waals surface area contributed by atoms with Gasteiger partial charge in [-0.05, 0) is 154 Å². The van der Waals surface area contributed by atoms with E-state index in [-0.39, 0.29) is 59.6 Å². The Morgan fingerprint density at radius 3 is 1.68 bits per heavy atom. The van der Waals surface area contributed by atoms with E-state index in [1.165, 1.54) is 45.0 Å². The van der Waals surface area contributed by atoms with Gasteiger partial charge in [0.2, 0.25) is 0 Å². The summed E-state index contributed by atoms with van der Waals surface area (Å²) in [7, 11) is 0. The zero-order valence-electron chi connectivity index (χ0n) is 43.5. The lowest BCUT2D eigenvalue weighted by Crippen LogP contribution is -2.62. The van der Waals surface area contributed by atoms with Crippen molar-refractivity contribution in [2.75, 3.05) is 6.61 Å². The molecule has 3 saturated heterocycles. The Morgan fingerprint density at radius 1 is 0.679 bits per heavy atom. The van der Waals surface area contributed by atoms with E-state index in [1.54, 1.807) is 13.8 Å². The van der Waals surface area contributed by atoms with E-state index in [9.17, 15) is 81.8 Å². The minimum absolute atomic E-state index is 0.0441. The van der Waals surface area contributed by atoms with Crippen LogP contribution in [0.15, 0.2) is 41.2 Å². The Labute approximate surface area is 441 Å². The lowest BCUT2D eigenvalue weighted by Gasteiger charge is -2.55. The molecule has 7 atom stereocenters. The Kier molecular flexibility index (Phi) is 19.9. The largest absolute Gasteiger partial charge is 0.515 e. The minimum atomic E-state index is -6.32. The highest BCUT2D eigenvalue weighted by Gasteiger charge is 2.74. The molecule has 442 valence electrons. The molecule has 6 aliphatic carbocycles. The van der Waals surface area contributed by atoms with Crippen LogP contribution in [-0.2, 0) is 52.4 Å². The molecular formula is C52H66F12O14. The number of halogens is 12. The summed E-state index contributed by atoms with van der Waals surface area (Å²) in [6.45, 7) is 11.4. The van der Waals surface area contributed by atoms with E-state index in [1.807, 2.05) is 0 Å². The van der Waals surface area contributed by atoms with Crippen molar-refractivity contribution in [2.24, 2.45) is 29.6 Å². The summed E-state index contributed by atoms with van der Waals surface area (Å²) in [6, 6.07) is 0. The van der Waals surface area contributed by atoms with Gasteiger partial charge < -0.3 is 43.7 Å². The highest BCUT2D eigenvalue weighted by atomic mass is 19.4.